The smallest absolute Gasteiger partial charge is 0.183 e. The molecule has 1 aliphatic heterocycles. The number of H-pyrrole nitrogens is 1. The summed E-state index contributed by atoms with van der Waals surface area (Å²) >= 11 is 0. The minimum Gasteiger partial charge on any atom is -0.348 e. The Morgan fingerprint density at radius 3 is 2.76 bits per heavy atom. The van der Waals surface area contributed by atoms with Crippen molar-refractivity contribution in [3.8, 4) is 11.3 Å². The molecule has 106 valence electrons. The second kappa shape index (κ2) is 5.27. The summed E-state index contributed by atoms with van der Waals surface area (Å²) in [6.45, 7) is 1.49. The van der Waals surface area contributed by atoms with Crippen LogP contribution in [0.2, 0.25) is 0 Å². The molecule has 0 spiro atoms. The lowest BCUT2D eigenvalue weighted by molar-refractivity contribution is -0.183. The lowest BCUT2D eigenvalue weighted by atomic mass is 10.1. The molecule has 5 nitrogen and oxygen atoms in total. The van der Waals surface area contributed by atoms with Gasteiger partial charge in [-0.25, -0.2) is 4.98 Å². The van der Waals surface area contributed by atoms with E-state index in [1.54, 1.807) is 12.4 Å². The quantitative estimate of drug-likeness (QED) is 0.784. The van der Waals surface area contributed by atoms with Gasteiger partial charge in [0.2, 0.25) is 0 Å². The molecule has 0 unspecified atom stereocenters. The van der Waals surface area contributed by atoms with Crippen LogP contribution >= 0.6 is 0 Å². The molecule has 3 heterocycles. The lowest BCUT2D eigenvalue weighted by Gasteiger charge is -2.23. The van der Waals surface area contributed by atoms with Crippen LogP contribution in [0, 0.1) is 0 Å². The maximum Gasteiger partial charge on any atom is 0.183 e. The maximum atomic E-state index is 5.66. The van der Waals surface area contributed by atoms with E-state index >= 15 is 0 Å². The standard InChI is InChI=1S/C16H15N3O2/c1-3-11(9-12(4-1)16-20-7-2-8-21-16)13-10-14-15(19-13)18-6-5-17-14/h1,3-6,9-10,16H,2,7-8H2,(H,18,19). The molecule has 0 amide bonds. The summed E-state index contributed by atoms with van der Waals surface area (Å²) in [6.07, 6.45) is 4.07. The molecule has 3 aromatic rings. The first kappa shape index (κ1) is 12.5. The molecule has 4 rings (SSSR count). The van der Waals surface area contributed by atoms with E-state index in [1.807, 2.05) is 18.2 Å². The molecule has 0 radical (unpaired) electrons. The SMILES string of the molecule is c1cc(-c2cc3nccnc3[nH]2)cc(C2OCCCO2)c1. The number of aromatic nitrogens is 3. The van der Waals surface area contributed by atoms with E-state index in [9.17, 15) is 0 Å². The van der Waals surface area contributed by atoms with E-state index in [2.05, 4.69) is 27.1 Å². The summed E-state index contributed by atoms with van der Waals surface area (Å²) in [5, 5.41) is 0. The summed E-state index contributed by atoms with van der Waals surface area (Å²) in [6, 6.07) is 10.2. The summed E-state index contributed by atoms with van der Waals surface area (Å²) < 4.78 is 11.3. The molecule has 1 fully saturated rings. The fourth-order valence-corrected chi connectivity index (χ4v) is 2.54. The number of nitrogens with zero attached hydrogens (tertiary/aromatic N) is 2. The average Bonchev–Trinajstić information content (AvgIpc) is 3.00. The Morgan fingerprint density at radius 2 is 1.90 bits per heavy atom. The van der Waals surface area contributed by atoms with Crippen molar-refractivity contribution in [1.29, 1.82) is 0 Å². The first-order valence-electron chi connectivity index (χ1n) is 7.03. The molecule has 1 N–H and O–H groups in total. The van der Waals surface area contributed by atoms with Crippen LogP contribution in [-0.4, -0.2) is 28.2 Å². The summed E-state index contributed by atoms with van der Waals surface area (Å²) in [5.74, 6) is 0. The van der Waals surface area contributed by atoms with Crippen LogP contribution in [0.1, 0.15) is 18.3 Å². The molecular weight excluding hydrogens is 266 g/mol. The van der Waals surface area contributed by atoms with E-state index in [1.165, 1.54) is 0 Å². The van der Waals surface area contributed by atoms with Crippen molar-refractivity contribution in [3.05, 3.63) is 48.3 Å². The third-order valence-electron chi connectivity index (χ3n) is 3.56. The van der Waals surface area contributed by atoms with Gasteiger partial charge < -0.3 is 14.5 Å². The van der Waals surface area contributed by atoms with E-state index in [0.717, 1.165) is 47.6 Å². The second-order valence-electron chi connectivity index (χ2n) is 5.03. The topological polar surface area (TPSA) is 60.0 Å². The number of nitrogens with one attached hydrogen (secondary N) is 1. The lowest BCUT2D eigenvalue weighted by Crippen LogP contribution is -2.17. The van der Waals surface area contributed by atoms with Gasteiger partial charge in [0.25, 0.3) is 0 Å². The summed E-state index contributed by atoms with van der Waals surface area (Å²) in [4.78, 5) is 11.9. The highest BCUT2D eigenvalue weighted by Gasteiger charge is 2.17. The molecular formula is C16H15N3O2. The molecule has 1 saturated heterocycles. The monoisotopic (exact) mass is 281 g/mol. The van der Waals surface area contributed by atoms with Crippen molar-refractivity contribution in [2.24, 2.45) is 0 Å². The summed E-state index contributed by atoms with van der Waals surface area (Å²) in [5.41, 5.74) is 4.76. The Labute approximate surface area is 121 Å². The molecule has 2 aromatic heterocycles. The van der Waals surface area contributed by atoms with Crippen LogP contribution in [0.3, 0.4) is 0 Å². The van der Waals surface area contributed by atoms with Crippen molar-refractivity contribution in [3.63, 3.8) is 0 Å². The predicted octanol–water partition coefficient (Wildman–Crippen LogP) is 3.06. The second-order valence-corrected chi connectivity index (χ2v) is 5.03. The van der Waals surface area contributed by atoms with Crippen molar-refractivity contribution >= 4 is 11.2 Å². The number of rotatable bonds is 2. The van der Waals surface area contributed by atoms with Gasteiger partial charge in [-0.15, -0.1) is 0 Å². The van der Waals surface area contributed by atoms with Crippen molar-refractivity contribution < 1.29 is 9.47 Å². The predicted molar refractivity (Wildman–Crippen MR) is 78.6 cm³/mol. The van der Waals surface area contributed by atoms with E-state index in [-0.39, 0.29) is 6.29 Å². The Balaban J connectivity index is 1.71. The Kier molecular flexibility index (Phi) is 3.14. The van der Waals surface area contributed by atoms with Gasteiger partial charge in [0.05, 0.1) is 13.2 Å². The fraction of sp³-hybridized carbons (Fsp3) is 0.250. The highest BCUT2D eigenvalue weighted by Crippen LogP contribution is 2.28. The van der Waals surface area contributed by atoms with E-state index in [4.69, 9.17) is 9.47 Å². The molecule has 0 aliphatic carbocycles. The van der Waals surface area contributed by atoms with Gasteiger partial charge in [0, 0.05) is 23.7 Å². The van der Waals surface area contributed by atoms with Crippen LogP contribution in [0.15, 0.2) is 42.7 Å². The van der Waals surface area contributed by atoms with Crippen LogP contribution in [0.4, 0.5) is 0 Å². The highest BCUT2D eigenvalue weighted by atomic mass is 16.7. The molecule has 1 aromatic carbocycles. The number of benzene rings is 1. The van der Waals surface area contributed by atoms with Crippen molar-refractivity contribution in [2.45, 2.75) is 12.7 Å². The van der Waals surface area contributed by atoms with Gasteiger partial charge in [0.15, 0.2) is 11.9 Å². The maximum absolute atomic E-state index is 5.66. The van der Waals surface area contributed by atoms with Gasteiger partial charge in [-0.1, -0.05) is 18.2 Å². The molecule has 1 aliphatic rings. The zero-order valence-corrected chi connectivity index (χ0v) is 11.5. The molecule has 21 heavy (non-hydrogen) atoms. The normalized spacial score (nSPS) is 16.4. The largest absolute Gasteiger partial charge is 0.348 e. The molecule has 0 bridgehead atoms. The number of hydrogen-bond donors (Lipinski definition) is 1. The minimum absolute atomic E-state index is 0.265. The number of aromatic amines is 1. The highest BCUT2D eigenvalue weighted by molar-refractivity contribution is 5.79. The minimum atomic E-state index is -0.265. The van der Waals surface area contributed by atoms with Gasteiger partial charge in [-0.05, 0) is 24.1 Å². The number of ether oxygens (including phenoxy) is 2. The molecule has 0 atom stereocenters. The Bertz CT molecular complexity index is 730. The molecule has 0 saturated carbocycles. The van der Waals surface area contributed by atoms with Gasteiger partial charge >= 0.3 is 0 Å². The Morgan fingerprint density at radius 1 is 1.05 bits per heavy atom. The van der Waals surface area contributed by atoms with Gasteiger partial charge in [-0.2, -0.15) is 0 Å². The third kappa shape index (κ3) is 2.41. The van der Waals surface area contributed by atoms with Crippen molar-refractivity contribution in [1.82, 2.24) is 15.0 Å². The summed E-state index contributed by atoms with van der Waals surface area (Å²) in [7, 11) is 0. The van der Waals surface area contributed by atoms with Gasteiger partial charge in [-0.3, -0.25) is 4.98 Å². The van der Waals surface area contributed by atoms with Crippen molar-refractivity contribution in [2.75, 3.05) is 13.2 Å². The van der Waals surface area contributed by atoms with Crippen LogP contribution in [0.25, 0.3) is 22.4 Å². The first-order chi connectivity index (χ1) is 10.4. The number of fused-ring (bicyclic) bond motifs is 1. The number of hydrogen-bond acceptors (Lipinski definition) is 4. The van der Waals surface area contributed by atoms with Crippen LogP contribution < -0.4 is 0 Å². The molecule has 5 heteroatoms. The average molecular weight is 281 g/mol. The first-order valence-corrected chi connectivity index (χ1v) is 7.03. The zero-order chi connectivity index (χ0) is 14.1. The van der Waals surface area contributed by atoms with Crippen LogP contribution in [-0.2, 0) is 9.47 Å². The van der Waals surface area contributed by atoms with Gasteiger partial charge in [0.1, 0.15) is 5.52 Å². The van der Waals surface area contributed by atoms with E-state index < -0.39 is 0 Å². The van der Waals surface area contributed by atoms with E-state index in [0.29, 0.717) is 0 Å². The Hall–Kier alpha value is -2.24. The zero-order valence-electron chi connectivity index (χ0n) is 11.5. The third-order valence-corrected chi connectivity index (χ3v) is 3.56. The van der Waals surface area contributed by atoms with Crippen LogP contribution in [0.5, 0.6) is 0 Å². The fourth-order valence-electron chi connectivity index (χ4n) is 2.54.